The van der Waals surface area contributed by atoms with E-state index in [2.05, 4.69) is 18.9 Å². The van der Waals surface area contributed by atoms with E-state index < -0.39 is 13.9 Å². The Morgan fingerprint density at radius 3 is 2.16 bits per heavy atom. The first-order chi connectivity index (χ1) is 14.7. The van der Waals surface area contributed by atoms with E-state index in [-0.39, 0.29) is 28.0 Å². The van der Waals surface area contributed by atoms with E-state index in [9.17, 15) is 9.59 Å². The lowest BCUT2D eigenvalue weighted by Gasteiger charge is -2.35. The number of aromatic nitrogens is 2. The average molecular weight is 481 g/mol. The van der Waals surface area contributed by atoms with E-state index in [4.69, 9.17) is 21.1 Å². The SMILES string of the molecule is CC(C)(C)n1ncc(OCc2ccc(COCCCC(C)(C)[Si](C)(C)O)cc2)c(Cl)c1=O. The van der Waals surface area contributed by atoms with Crippen molar-refractivity contribution in [2.45, 2.75) is 84.3 Å². The molecule has 0 radical (unpaired) electrons. The van der Waals surface area contributed by atoms with Gasteiger partial charge in [-0.15, -0.1) is 0 Å². The zero-order chi connectivity index (χ0) is 24.2. The Morgan fingerprint density at radius 2 is 1.62 bits per heavy atom. The van der Waals surface area contributed by atoms with E-state index in [0.717, 1.165) is 24.0 Å². The van der Waals surface area contributed by atoms with Gasteiger partial charge in [0.2, 0.25) is 0 Å². The van der Waals surface area contributed by atoms with Crippen LogP contribution in [0.1, 0.15) is 58.6 Å². The van der Waals surface area contributed by atoms with Gasteiger partial charge in [0.15, 0.2) is 19.1 Å². The number of rotatable bonds is 10. The minimum atomic E-state index is -2.16. The van der Waals surface area contributed by atoms with Gasteiger partial charge < -0.3 is 14.3 Å². The first-order valence-electron chi connectivity index (χ1n) is 11.0. The van der Waals surface area contributed by atoms with Gasteiger partial charge in [-0.25, -0.2) is 4.68 Å². The average Bonchev–Trinajstić information content (AvgIpc) is 2.68. The highest BCUT2D eigenvalue weighted by Gasteiger charge is 2.37. The van der Waals surface area contributed by atoms with Crippen molar-refractivity contribution in [3.05, 3.63) is 57.0 Å². The summed E-state index contributed by atoms with van der Waals surface area (Å²) in [5.41, 5.74) is 1.22. The molecule has 2 aromatic rings. The summed E-state index contributed by atoms with van der Waals surface area (Å²) in [7, 11) is -2.16. The van der Waals surface area contributed by atoms with Gasteiger partial charge >= 0.3 is 0 Å². The van der Waals surface area contributed by atoms with Crippen LogP contribution in [0.15, 0.2) is 35.3 Å². The maximum absolute atomic E-state index is 12.4. The van der Waals surface area contributed by atoms with E-state index in [0.29, 0.717) is 13.2 Å². The number of benzene rings is 1. The Balaban J connectivity index is 1.83. The van der Waals surface area contributed by atoms with Crippen LogP contribution in [-0.2, 0) is 23.5 Å². The molecule has 178 valence electrons. The van der Waals surface area contributed by atoms with Gasteiger partial charge in [-0.2, -0.15) is 5.10 Å². The first kappa shape index (κ1) is 26.6. The lowest BCUT2D eigenvalue weighted by Crippen LogP contribution is -2.39. The molecule has 0 atom stereocenters. The van der Waals surface area contributed by atoms with Crippen LogP contribution in [0.2, 0.25) is 23.2 Å². The van der Waals surface area contributed by atoms with Gasteiger partial charge in [-0.1, -0.05) is 49.7 Å². The first-order valence-corrected chi connectivity index (χ1v) is 14.3. The van der Waals surface area contributed by atoms with Gasteiger partial charge in [0.05, 0.1) is 18.3 Å². The van der Waals surface area contributed by atoms with Gasteiger partial charge in [0.1, 0.15) is 6.61 Å². The standard InChI is InChI=1S/C24H37ClN2O4Si/c1-23(2,3)27-22(28)21(25)20(15-26-27)31-17-19-11-9-18(10-12-19)16-30-14-8-13-24(4,5)32(6,7)29/h9-12,15,29H,8,13-14,16-17H2,1-7H3. The second kappa shape index (κ2) is 10.5. The van der Waals surface area contributed by atoms with Crippen LogP contribution in [0.4, 0.5) is 0 Å². The van der Waals surface area contributed by atoms with Gasteiger partial charge in [-0.3, -0.25) is 4.79 Å². The predicted octanol–water partition coefficient (Wildman–Crippen LogP) is 5.51. The molecule has 8 heteroatoms. The zero-order valence-electron chi connectivity index (χ0n) is 20.4. The maximum Gasteiger partial charge on any atom is 0.289 e. The molecule has 0 saturated heterocycles. The Bertz CT molecular complexity index is 944. The van der Waals surface area contributed by atoms with Crippen molar-refractivity contribution in [2.75, 3.05) is 6.61 Å². The fraction of sp³-hybridized carbons (Fsp3) is 0.583. The van der Waals surface area contributed by atoms with Crippen molar-refractivity contribution in [1.29, 1.82) is 0 Å². The molecule has 1 aromatic carbocycles. The van der Waals surface area contributed by atoms with Crippen LogP contribution < -0.4 is 10.3 Å². The molecule has 6 nitrogen and oxygen atoms in total. The minimum absolute atomic E-state index is 0.0188. The second-order valence-electron chi connectivity index (χ2n) is 10.4. The Labute approximate surface area is 197 Å². The quantitative estimate of drug-likeness (QED) is 0.358. The summed E-state index contributed by atoms with van der Waals surface area (Å²) < 4.78 is 12.9. The molecule has 1 heterocycles. The third-order valence-corrected chi connectivity index (χ3v) is 9.87. The normalized spacial score (nSPS) is 12.8. The number of hydrogen-bond donors (Lipinski definition) is 1. The number of hydrogen-bond acceptors (Lipinski definition) is 5. The summed E-state index contributed by atoms with van der Waals surface area (Å²) >= 11 is 6.21. The Kier molecular flexibility index (Phi) is 8.73. The van der Waals surface area contributed by atoms with Crippen LogP contribution in [-0.4, -0.2) is 29.5 Å². The van der Waals surface area contributed by atoms with Gasteiger partial charge in [0.25, 0.3) is 5.56 Å². The van der Waals surface area contributed by atoms with Crippen LogP contribution in [0, 0.1) is 0 Å². The molecule has 0 aliphatic heterocycles. The third kappa shape index (κ3) is 7.17. The van der Waals surface area contributed by atoms with Crippen molar-refractivity contribution >= 4 is 19.9 Å². The molecule has 0 bridgehead atoms. The smallest absolute Gasteiger partial charge is 0.289 e. The highest BCUT2D eigenvalue weighted by atomic mass is 35.5. The van der Waals surface area contributed by atoms with E-state index in [1.807, 2.05) is 58.1 Å². The number of nitrogens with zero attached hydrogens (tertiary/aromatic N) is 2. The fourth-order valence-corrected chi connectivity index (χ4v) is 3.97. The van der Waals surface area contributed by atoms with Gasteiger partial charge in [0, 0.05) is 6.61 Å². The molecule has 0 unspecified atom stereocenters. The third-order valence-electron chi connectivity index (χ3n) is 5.96. The van der Waals surface area contributed by atoms with Crippen molar-refractivity contribution in [1.82, 2.24) is 9.78 Å². The topological polar surface area (TPSA) is 73.6 Å². The largest absolute Gasteiger partial charge is 0.485 e. The van der Waals surface area contributed by atoms with Crippen molar-refractivity contribution in [3.63, 3.8) is 0 Å². The second-order valence-corrected chi connectivity index (χ2v) is 15.3. The Morgan fingerprint density at radius 1 is 1.06 bits per heavy atom. The molecule has 0 spiro atoms. The van der Waals surface area contributed by atoms with E-state index in [1.165, 1.54) is 10.9 Å². The number of ether oxygens (including phenoxy) is 2. The predicted molar refractivity (Wildman–Crippen MR) is 132 cm³/mol. The molecule has 32 heavy (non-hydrogen) atoms. The zero-order valence-corrected chi connectivity index (χ0v) is 22.1. The lowest BCUT2D eigenvalue weighted by atomic mass is 10.1. The summed E-state index contributed by atoms with van der Waals surface area (Å²) in [6.07, 6.45) is 3.37. The minimum Gasteiger partial charge on any atom is -0.485 e. The van der Waals surface area contributed by atoms with E-state index in [1.54, 1.807) is 0 Å². The summed E-state index contributed by atoms with van der Waals surface area (Å²) in [6, 6.07) is 7.95. The highest BCUT2D eigenvalue weighted by Crippen LogP contribution is 2.39. The molecule has 1 aromatic heterocycles. The fourth-order valence-electron chi connectivity index (χ4n) is 3.00. The summed E-state index contributed by atoms with van der Waals surface area (Å²) in [5, 5.41) is 4.20. The Hall–Kier alpha value is -1.67. The monoisotopic (exact) mass is 480 g/mol. The molecule has 0 fully saturated rings. The summed E-state index contributed by atoms with van der Waals surface area (Å²) in [5.74, 6) is 0.279. The molecule has 0 aliphatic carbocycles. The van der Waals surface area contributed by atoms with Crippen LogP contribution in [0.5, 0.6) is 5.75 Å². The summed E-state index contributed by atoms with van der Waals surface area (Å²) in [4.78, 5) is 22.8. The van der Waals surface area contributed by atoms with Crippen molar-refractivity contribution in [3.8, 4) is 5.75 Å². The maximum atomic E-state index is 12.4. The van der Waals surface area contributed by atoms with Crippen LogP contribution in [0.3, 0.4) is 0 Å². The van der Waals surface area contributed by atoms with E-state index >= 15 is 0 Å². The molecule has 2 rings (SSSR count). The highest BCUT2D eigenvalue weighted by molar-refractivity contribution is 6.72. The molecular formula is C24H37ClN2O4Si. The number of halogens is 1. The molecule has 0 aliphatic rings. The molecular weight excluding hydrogens is 444 g/mol. The van der Waals surface area contributed by atoms with Crippen molar-refractivity contribution in [2.24, 2.45) is 0 Å². The molecule has 0 amide bonds. The lowest BCUT2D eigenvalue weighted by molar-refractivity contribution is 0.114. The summed E-state index contributed by atoms with van der Waals surface area (Å²) in [6.45, 7) is 15.4. The molecule has 0 saturated carbocycles. The van der Waals surface area contributed by atoms with Crippen molar-refractivity contribution < 1.29 is 14.3 Å². The molecule has 1 N–H and O–H groups in total. The van der Waals surface area contributed by atoms with Crippen LogP contribution >= 0.6 is 11.6 Å². The van der Waals surface area contributed by atoms with Crippen LogP contribution in [0.25, 0.3) is 0 Å². The van der Waals surface area contributed by atoms with Gasteiger partial charge in [-0.05, 0) is 62.9 Å².